The first-order valence-corrected chi connectivity index (χ1v) is 3.61. The van der Waals surface area contributed by atoms with Crippen LogP contribution in [0.25, 0.3) is 0 Å². The van der Waals surface area contributed by atoms with E-state index in [-0.39, 0.29) is 0 Å². The van der Waals surface area contributed by atoms with Gasteiger partial charge in [-0.25, -0.2) is 4.42 Å². The highest BCUT2D eigenvalue weighted by molar-refractivity contribution is 6.14. The van der Waals surface area contributed by atoms with E-state index in [0.717, 1.165) is 6.54 Å². The first-order chi connectivity index (χ1) is 3.83. The smallest absolute Gasteiger partial charge is 0.0364 e. The van der Waals surface area contributed by atoms with Gasteiger partial charge in [-0.1, -0.05) is 0 Å². The quantitative estimate of drug-likeness (QED) is 0.453. The Kier molecular flexibility index (Phi) is 0.884. The van der Waals surface area contributed by atoms with Crippen LogP contribution >= 0.6 is 11.8 Å². The molecule has 2 heteroatoms. The number of rotatable bonds is 0. The van der Waals surface area contributed by atoms with Crippen LogP contribution in [0.2, 0.25) is 0 Å². The largest absolute Gasteiger partial charge is 0.214 e. The van der Waals surface area contributed by atoms with Gasteiger partial charge in [-0.2, -0.15) is 0 Å². The summed E-state index contributed by atoms with van der Waals surface area (Å²) >= 11 is 5.90. The molecule has 2 aliphatic rings. The van der Waals surface area contributed by atoms with Gasteiger partial charge in [0.2, 0.25) is 0 Å². The Balaban J connectivity index is 2.12. The average molecular weight is 132 g/mol. The molecule has 1 saturated heterocycles. The van der Waals surface area contributed by atoms with Gasteiger partial charge in [-0.3, -0.25) is 0 Å². The molecule has 1 nitrogen and oxygen atoms in total. The first kappa shape index (κ1) is 5.07. The zero-order chi connectivity index (χ0) is 5.61. The summed E-state index contributed by atoms with van der Waals surface area (Å²) in [5.41, 5.74) is 0.502. The van der Waals surface area contributed by atoms with Crippen molar-refractivity contribution in [3.05, 3.63) is 0 Å². The van der Waals surface area contributed by atoms with Crippen LogP contribution in [0.15, 0.2) is 0 Å². The summed E-state index contributed by atoms with van der Waals surface area (Å²) in [6.45, 7) is 1.11. The summed E-state index contributed by atoms with van der Waals surface area (Å²) in [7, 11) is 0. The Morgan fingerprint density at radius 1 is 1.25 bits per heavy atom. The third kappa shape index (κ3) is 0.517. The van der Waals surface area contributed by atoms with E-state index in [1.54, 1.807) is 0 Å². The summed E-state index contributed by atoms with van der Waals surface area (Å²) in [6, 6.07) is 0. The van der Waals surface area contributed by atoms with Gasteiger partial charge >= 0.3 is 0 Å². The van der Waals surface area contributed by atoms with Crippen molar-refractivity contribution in [3.63, 3.8) is 0 Å². The lowest BCUT2D eigenvalue weighted by atomic mass is 10.2. The zero-order valence-electron chi connectivity index (χ0n) is 4.86. The third-order valence-electron chi connectivity index (χ3n) is 2.34. The van der Waals surface area contributed by atoms with Gasteiger partial charge in [-0.15, -0.1) is 0 Å². The second-order valence-corrected chi connectivity index (χ2v) is 3.32. The topological polar surface area (TPSA) is 3.24 Å². The lowest BCUT2D eigenvalue weighted by Crippen LogP contribution is -2.20. The molecule has 1 aliphatic heterocycles. The Bertz CT molecular complexity index is 109. The molecule has 0 aromatic carbocycles. The van der Waals surface area contributed by atoms with Crippen LogP contribution in [-0.2, 0) is 0 Å². The highest BCUT2D eigenvalue weighted by Gasteiger charge is 2.50. The van der Waals surface area contributed by atoms with Gasteiger partial charge in [0.1, 0.15) is 0 Å². The normalized spacial score (nSPS) is 34.1. The maximum Gasteiger partial charge on any atom is 0.0364 e. The van der Waals surface area contributed by atoms with Crippen LogP contribution in [0.3, 0.4) is 0 Å². The minimum atomic E-state index is 0.502. The fourth-order valence-electron chi connectivity index (χ4n) is 1.54. The minimum Gasteiger partial charge on any atom is -0.214 e. The summed E-state index contributed by atoms with van der Waals surface area (Å²) in [4.78, 5) is 0. The molecule has 46 valence electrons. The molecule has 2 rings (SSSR count). The van der Waals surface area contributed by atoms with E-state index in [1.807, 2.05) is 4.42 Å². The van der Waals surface area contributed by atoms with Gasteiger partial charge in [-0.05, 0) is 37.5 Å². The van der Waals surface area contributed by atoms with Crippen molar-refractivity contribution in [2.24, 2.45) is 0 Å². The standard InChI is InChI=1S/C6H10ClN/c7-8-5-1-2-6(8)3-4-6/h1-5H2. The van der Waals surface area contributed by atoms with Crippen LogP contribution in [0.1, 0.15) is 25.7 Å². The lowest BCUT2D eigenvalue weighted by molar-refractivity contribution is 0.403. The van der Waals surface area contributed by atoms with Crippen molar-refractivity contribution in [2.75, 3.05) is 6.54 Å². The van der Waals surface area contributed by atoms with Crippen molar-refractivity contribution in [3.8, 4) is 0 Å². The lowest BCUT2D eigenvalue weighted by Gasteiger charge is -2.12. The van der Waals surface area contributed by atoms with Gasteiger partial charge in [0.05, 0.1) is 0 Å². The van der Waals surface area contributed by atoms with E-state index < -0.39 is 0 Å². The molecule has 0 aromatic heterocycles. The van der Waals surface area contributed by atoms with E-state index in [9.17, 15) is 0 Å². The maximum absolute atomic E-state index is 5.90. The molecule has 0 amide bonds. The third-order valence-corrected chi connectivity index (χ3v) is 2.87. The molecule has 1 saturated carbocycles. The Morgan fingerprint density at radius 2 is 2.00 bits per heavy atom. The zero-order valence-corrected chi connectivity index (χ0v) is 5.62. The predicted octanol–water partition coefficient (Wildman–Crippen LogP) is 1.77. The van der Waals surface area contributed by atoms with Crippen molar-refractivity contribution in [1.82, 2.24) is 4.42 Å². The summed E-state index contributed by atoms with van der Waals surface area (Å²) in [5.74, 6) is 0. The van der Waals surface area contributed by atoms with Crippen molar-refractivity contribution in [1.29, 1.82) is 0 Å². The van der Waals surface area contributed by atoms with Crippen LogP contribution in [-0.4, -0.2) is 16.5 Å². The summed E-state index contributed by atoms with van der Waals surface area (Å²) in [6.07, 6.45) is 5.34. The average Bonchev–Trinajstić information content (AvgIpc) is 2.39. The summed E-state index contributed by atoms with van der Waals surface area (Å²) < 4.78 is 2.01. The van der Waals surface area contributed by atoms with Crippen LogP contribution in [0.5, 0.6) is 0 Å². The molecule has 0 radical (unpaired) electrons. The second-order valence-electron chi connectivity index (χ2n) is 2.91. The van der Waals surface area contributed by atoms with Gasteiger partial charge in [0.25, 0.3) is 0 Å². The van der Waals surface area contributed by atoms with Crippen molar-refractivity contribution >= 4 is 11.8 Å². The van der Waals surface area contributed by atoms with E-state index in [0.29, 0.717) is 5.54 Å². The van der Waals surface area contributed by atoms with Crippen LogP contribution < -0.4 is 0 Å². The first-order valence-electron chi connectivity index (χ1n) is 3.27. The van der Waals surface area contributed by atoms with Crippen LogP contribution in [0, 0.1) is 0 Å². The van der Waals surface area contributed by atoms with Crippen LogP contribution in [0.4, 0.5) is 0 Å². The minimum absolute atomic E-state index is 0.502. The summed E-state index contributed by atoms with van der Waals surface area (Å²) in [5, 5.41) is 0. The Hall–Kier alpha value is 0.250. The number of nitrogens with zero attached hydrogens (tertiary/aromatic N) is 1. The molecule has 0 atom stereocenters. The molecule has 0 unspecified atom stereocenters. The predicted molar refractivity (Wildman–Crippen MR) is 33.8 cm³/mol. The SMILES string of the molecule is ClN1CCCC12CC2. The molecular formula is C6H10ClN. The Labute approximate surface area is 54.7 Å². The fraction of sp³-hybridized carbons (Fsp3) is 1.00. The molecule has 2 fully saturated rings. The van der Waals surface area contributed by atoms with Gasteiger partial charge < -0.3 is 0 Å². The molecule has 1 aliphatic carbocycles. The number of hydrogen-bond acceptors (Lipinski definition) is 1. The van der Waals surface area contributed by atoms with E-state index in [2.05, 4.69) is 0 Å². The molecule has 1 spiro atoms. The molecule has 0 aromatic rings. The molecule has 1 heterocycles. The maximum atomic E-state index is 5.90. The molecule has 8 heavy (non-hydrogen) atoms. The highest BCUT2D eigenvalue weighted by atomic mass is 35.5. The van der Waals surface area contributed by atoms with E-state index >= 15 is 0 Å². The molecule has 0 N–H and O–H groups in total. The number of halogens is 1. The second kappa shape index (κ2) is 1.39. The van der Waals surface area contributed by atoms with Gasteiger partial charge in [0.15, 0.2) is 0 Å². The molecule has 0 bridgehead atoms. The number of hydrogen-bond donors (Lipinski definition) is 0. The van der Waals surface area contributed by atoms with E-state index in [1.165, 1.54) is 25.7 Å². The van der Waals surface area contributed by atoms with Crippen molar-refractivity contribution < 1.29 is 0 Å². The van der Waals surface area contributed by atoms with Gasteiger partial charge in [0, 0.05) is 12.1 Å². The fourth-order valence-corrected chi connectivity index (χ4v) is 1.92. The highest BCUT2D eigenvalue weighted by Crippen LogP contribution is 2.50. The Morgan fingerprint density at radius 3 is 2.25 bits per heavy atom. The van der Waals surface area contributed by atoms with Crippen molar-refractivity contribution in [2.45, 2.75) is 31.2 Å². The molecular weight excluding hydrogens is 122 g/mol. The van der Waals surface area contributed by atoms with E-state index in [4.69, 9.17) is 11.8 Å². The monoisotopic (exact) mass is 131 g/mol.